The lowest BCUT2D eigenvalue weighted by atomic mass is 10.1. The Morgan fingerprint density at radius 2 is 1.65 bits per heavy atom. The number of carbonyl (C=O) groups is 2. The van der Waals surface area contributed by atoms with E-state index in [1.807, 2.05) is 26.0 Å². The first-order valence-electron chi connectivity index (χ1n) is 10.7. The molecule has 0 bridgehead atoms. The highest BCUT2D eigenvalue weighted by Gasteiger charge is 2.21. The van der Waals surface area contributed by atoms with Gasteiger partial charge in [-0.3, -0.25) is 9.59 Å². The van der Waals surface area contributed by atoms with E-state index >= 15 is 0 Å². The Morgan fingerprint density at radius 3 is 2.23 bits per heavy atom. The van der Waals surface area contributed by atoms with E-state index in [0.29, 0.717) is 28.3 Å². The van der Waals surface area contributed by atoms with Crippen LogP contribution in [0.1, 0.15) is 53.8 Å². The Labute approximate surface area is 183 Å². The third kappa shape index (κ3) is 5.48. The van der Waals surface area contributed by atoms with Crippen molar-refractivity contribution in [3.05, 3.63) is 47.5 Å². The largest absolute Gasteiger partial charge is 0.497 e. The second-order valence-electron chi connectivity index (χ2n) is 7.76. The fourth-order valence-electron chi connectivity index (χ4n) is 3.57. The molecule has 2 amide bonds. The Kier molecular flexibility index (Phi) is 7.39. The van der Waals surface area contributed by atoms with Gasteiger partial charge in [0.2, 0.25) is 0 Å². The molecular formula is C24H31N3O4. The fraction of sp³-hybridized carbons (Fsp3) is 0.417. The Hall–Kier alpha value is -3.22. The number of hydrogen-bond acceptors (Lipinski definition) is 5. The molecule has 1 aliphatic heterocycles. The van der Waals surface area contributed by atoms with Gasteiger partial charge in [0.15, 0.2) is 0 Å². The second-order valence-corrected chi connectivity index (χ2v) is 7.76. The topological polar surface area (TPSA) is 79.9 Å². The second kappa shape index (κ2) is 10.2. The molecule has 0 saturated carbocycles. The maximum atomic E-state index is 13.0. The van der Waals surface area contributed by atoms with Gasteiger partial charge in [-0.1, -0.05) is 6.92 Å². The normalized spacial score (nSPS) is 14.1. The summed E-state index contributed by atoms with van der Waals surface area (Å²) in [6.07, 6.45) is 3.07. The van der Waals surface area contributed by atoms with Gasteiger partial charge < -0.3 is 25.0 Å². The first-order chi connectivity index (χ1) is 14.9. The summed E-state index contributed by atoms with van der Waals surface area (Å²) in [5.41, 5.74) is 2.44. The summed E-state index contributed by atoms with van der Waals surface area (Å²) in [6.45, 7) is 5.87. The Morgan fingerprint density at radius 1 is 1.00 bits per heavy atom. The molecule has 2 aromatic rings. The van der Waals surface area contributed by atoms with Crippen molar-refractivity contribution in [2.75, 3.05) is 37.5 Å². The highest BCUT2D eigenvalue weighted by molar-refractivity contribution is 6.06. The molecule has 1 aliphatic rings. The van der Waals surface area contributed by atoms with Gasteiger partial charge >= 0.3 is 0 Å². The van der Waals surface area contributed by atoms with Gasteiger partial charge in [-0.25, -0.2) is 0 Å². The number of methoxy groups -OCH3 is 2. The summed E-state index contributed by atoms with van der Waals surface area (Å²) >= 11 is 0. The summed E-state index contributed by atoms with van der Waals surface area (Å²) < 4.78 is 10.5. The number of ether oxygens (including phenoxy) is 2. The molecular weight excluding hydrogens is 394 g/mol. The predicted octanol–water partition coefficient (Wildman–Crippen LogP) is 4.08. The van der Waals surface area contributed by atoms with Gasteiger partial charge in [0, 0.05) is 42.1 Å². The quantitative estimate of drug-likeness (QED) is 0.666. The zero-order valence-corrected chi connectivity index (χ0v) is 18.7. The number of carbonyl (C=O) groups excluding carboxylic acids is 2. The average Bonchev–Trinajstić information content (AvgIpc) is 3.33. The monoisotopic (exact) mass is 425 g/mol. The highest BCUT2D eigenvalue weighted by Crippen LogP contribution is 2.29. The number of amides is 2. The van der Waals surface area contributed by atoms with Crippen molar-refractivity contribution in [2.24, 2.45) is 0 Å². The molecule has 166 valence electrons. The molecule has 0 aromatic heterocycles. The van der Waals surface area contributed by atoms with Crippen LogP contribution in [0, 0.1) is 0 Å². The molecule has 0 aliphatic carbocycles. The van der Waals surface area contributed by atoms with Crippen molar-refractivity contribution in [3.8, 4) is 11.5 Å². The van der Waals surface area contributed by atoms with Gasteiger partial charge in [-0.05, 0) is 56.5 Å². The Bertz CT molecular complexity index is 916. The van der Waals surface area contributed by atoms with E-state index in [1.54, 1.807) is 24.3 Å². The van der Waals surface area contributed by atoms with Gasteiger partial charge in [-0.2, -0.15) is 0 Å². The fourth-order valence-corrected chi connectivity index (χ4v) is 3.57. The van der Waals surface area contributed by atoms with E-state index in [-0.39, 0.29) is 17.9 Å². The van der Waals surface area contributed by atoms with Crippen LogP contribution in [0.15, 0.2) is 36.4 Å². The molecule has 2 aromatic carbocycles. The molecule has 1 saturated heterocycles. The maximum absolute atomic E-state index is 13.0. The van der Waals surface area contributed by atoms with Crippen molar-refractivity contribution in [1.82, 2.24) is 5.32 Å². The predicted molar refractivity (Wildman–Crippen MR) is 123 cm³/mol. The van der Waals surface area contributed by atoms with Gasteiger partial charge in [0.1, 0.15) is 11.5 Å². The summed E-state index contributed by atoms with van der Waals surface area (Å²) in [7, 11) is 3.07. The van der Waals surface area contributed by atoms with Gasteiger partial charge in [-0.15, -0.1) is 0 Å². The summed E-state index contributed by atoms with van der Waals surface area (Å²) in [6, 6.07) is 10.6. The molecule has 3 rings (SSSR count). The van der Waals surface area contributed by atoms with Crippen LogP contribution < -0.4 is 25.0 Å². The lowest BCUT2D eigenvalue weighted by Crippen LogP contribution is -2.33. The standard InChI is InChI=1S/C24H31N3O4/c1-5-16(2)25-24(29)21-14-18(8-9-22(21)27-10-6-7-11-27)26-23(28)17-12-19(30-3)15-20(13-17)31-4/h8-9,12-16H,5-7,10-11H2,1-4H3,(H,25,29)(H,26,28). The first-order valence-corrected chi connectivity index (χ1v) is 10.7. The minimum absolute atomic E-state index is 0.0708. The van der Waals surface area contributed by atoms with E-state index in [0.717, 1.165) is 38.0 Å². The molecule has 7 heteroatoms. The maximum Gasteiger partial charge on any atom is 0.255 e. The number of benzene rings is 2. The van der Waals surface area contributed by atoms with E-state index in [2.05, 4.69) is 15.5 Å². The van der Waals surface area contributed by atoms with Crippen LogP contribution >= 0.6 is 0 Å². The van der Waals surface area contributed by atoms with Crippen molar-refractivity contribution >= 4 is 23.2 Å². The van der Waals surface area contributed by atoms with Crippen molar-refractivity contribution < 1.29 is 19.1 Å². The van der Waals surface area contributed by atoms with Crippen LogP contribution in [0.4, 0.5) is 11.4 Å². The number of nitrogens with one attached hydrogen (secondary N) is 2. The summed E-state index contributed by atoms with van der Waals surface area (Å²) in [5.74, 6) is 0.625. The first kappa shape index (κ1) is 22.5. The van der Waals surface area contributed by atoms with E-state index in [1.165, 1.54) is 14.2 Å². The lowest BCUT2D eigenvalue weighted by molar-refractivity contribution is 0.0938. The van der Waals surface area contributed by atoms with E-state index in [4.69, 9.17) is 9.47 Å². The minimum Gasteiger partial charge on any atom is -0.497 e. The average molecular weight is 426 g/mol. The molecule has 31 heavy (non-hydrogen) atoms. The van der Waals surface area contributed by atoms with Gasteiger partial charge in [0.05, 0.1) is 19.8 Å². The van der Waals surface area contributed by atoms with Crippen molar-refractivity contribution in [3.63, 3.8) is 0 Å². The highest BCUT2D eigenvalue weighted by atomic mass is 16.5. The van der Waals surface area contributed by atoms with Gasteiger partial charge in [0.25, 0.3) is 11.8 Å². The lowest BCUT2D eigenvalue weighted by Gasteiger charge is -2.23. The smallest absolute Gasteiger partial charge is 0.255 e. The number of hydrogen-bond donors (Lipinski definition) is 2. The van der Waals surface area contributed by atoms with Crippen LogP contribution in [-0.2, 0) is 0 Å². The molecule has 1 unspecified atom stereocenters. The van der Waals surface area contributed by atoms with Crippen LogP contribution in [0.2, 0.25) is 0 Å². The number of rotatable bonds is 8. The van der Waals surface area contributed by atoms with Crippen LogP contribution in [-0.4, -0.2) is 45.2 Å². The third-order valence-electron chi connectivity index (χ3n) is 5.55. The number of nitrogens with zero attached hydrogens (tertiary/aromatic N) is 1. The molecule has 7 nitrogen and oxygen atoms in total. The third-order valence-corrected chi connectivity index (χ3v) is 5.55. The molecule has 0 radical (unpaired) electrons. The van der Waals surface area contributed by atoms with E-state index < -0.39 is 0 Å². The number of anilines is 2. The molecule has 1 atom stereocenters. The molecule has 1 fully saturated rings. The molecule has 2 N–H and O–H groups in total. The minimum atomic E-state index is -0.306. The van der Waals surface area contributed by atoms with Crippen LogP contribution in [0.25, 0.3) is 0 Å². The molecule has 0 spiro atoms. The zero-order chi connectivity index (χ0) is 22.4. The summed E-state index contributed by atoms with van der Waals surface area (Å²) in [4.78, 5) is 28.1. The van der Waals surface area contributed by atoms with Crippen LogP contribution in [0.3, 0.4) is 0 Å². The summed E-state index contributed by atoms with van der Waals surface area (Å²) in [5, 5.41) is 5.93. The van der Waals surface area contributed by atoms with Crippen molar-refractivity contribution in [1.29, 1.82) is 0 Å². The SMILES string of the molecule is CCC(C)NC(=O)c1cc(NC(=O)c2cc(OC)cc(OC)c2)ccc1N1CCCC1. The van der Waals surface area contributed by atoms with Crippen LogP contribution in [0.5, 0.6) is 11.5 Å². The van der Waals surface area contributed by atoms with Crippen molar-refractivity contribution in [2.45, 2.75) is 39.2 Å². The Balaban J connectivity index is 1.88. The molecule has 1 heterocycles. The van der Waals surface area contributed by atoms with E-state index in [9.17, 15) is 9.59 Å². The zero-order valence-electron chi connectivity index (χ0n) is 18.7.